The molecule has 2 aliphatic carbocycles. The summed E-state index contributed by atoms with van der Waals surface area (Å²) >= 11 is 0. The van der Waals surface area contributed by atoms with Gasteiger partial charge >= 0.3 is 0 Å². The van der Waals surface area contributed by atoms with Gasteiger partial charge in [0.2, 0.25) is 0 Å². The molecule has 12 rings (SSSR count). The minimum absolute atomic E-state index is 0.0170. The van der Waals surface area contributed by atoms with Crippen molar-refractivity contribution in [3.05, 3.63) is 136 Å². The standard InChI is InChI=1S/C63H69BN2O2/c1-36-29-49-55-50(30-36)66(48-17-16-18-52-54(48)40-31-37(58(2,3)4)20-24-51(40)67-52)47-23-19-38(59(5,6)7)32-46(47)64(55)57-56(41-34-44-45(35-53(41)68-57)63(14,15)28-27-62(44,12)13)65(49)39-21-22-42-43(33-39)61(10,11)26-25-60(42,8)9/h16-24,29-35H,25-28H2,1-15H3. The lowest BCUT2D eigenvalue weighted by molar-refractivity contribution is 0.332. The molecule has 0 saturated heterocycles. The molecular weight excluding hydrogens is 828 g/mol. The van der Waals surface area contributed by atoms with Crippen LogP contribution in [0, 0.1) is 6.92 Å². The molecule has 0 amide bonds. The van der Waals surface area contributed by atoms with Gasteiger partial charge in [0, 0.05) is 33.5 Å². The number of benzene rings is 6. The summed E-state index contributed by atoms with van der Waals surface area (Å²) in [7, 11) is 0. The highest BCUT2D eigenvalue weighted by Crippen LogP contribution is 2.54. The molecule has 68 heavy (non-hydrogen) atoms. The van der Waals surface area contributed by atoms with Crippen LogP contribution in [0.1, 0.15) is 162 Å². The van der Waals surface area contributed by atoms with Crippen LogP contribution in [0.5, 0.6) is 0 Å². The predicted molar refractivity (Wildman–Crippen MR) is 290 cm³/mol. The molecule has 4 nitrogen and oxygen atoms in total. The number of nitrogens with zero attached hydrogens (tertiary/aromatic N) is 2. The van der Waals surface area contributed by atoms with E-state index in [2.05, 4.69) is 211 Å². The third-order valence-electron chi connectivity index (χ3n) is 17.3. The van der Waals surface area contributed by atoms with Crippen LogP contribution < -0.4 is 26.4 Å². The third-order valence-corrected chi connectivity index (χ3v) is 17.3. The first-order valence-electron chi connectivity index (χ1n) is 25.5. The second-order valence-electron chi connectivity index (χ2n) is 26.0. The summed E-state index contributed by atoms with van der Waals surface area (Å²) in [5.41, 5.74) is 23.2. The third kappa shape index (κ3) is 6.18. The van der Waals surface area contributed by atoms with E-state index in [-0.39, 0.29) is 39.2 Å². The van der Waals surface area contributed by atoms with E-state index in [0.717, 1.165) is 58.1 Å². The topological polar surface area (TPSA) is 32.8 Å². The van der Waals surface area contributed by atoms with Gasteiger partial charge in [-0.1, -0.05) is 127 Å². The molecule has 0 fully saturated rings. The van der Waals surface area contributed by atoms with Crippen LogP contribution in [0.2, 0.25) is 0 Å². The SMILES string of the molecule is Cc1cc2c3c(c1)N(c1cccc4oc5ccc(C(C)(C)C)cc5c14)c1ccc(C(C)(C)C)cc1B3c1oc3cc4c(cc3c1N2c1ccc2c(c1)C(C)(C)CCC2(C)C)C(C)(C)CCC4(C)C. The Kier molecular flexibility index (Phi) is 8.83. The van der Waals surface area contributed by atoms with Gasteiger partial charge in [0.25, 0.3) is 6.71 Å². The summed E-state index contributed by atoms with van der Waals surface area (Å²) in [5, 5.41) is 3.49. The Bertz CT molecular complexity index is 3470. The maximum absolute atomic E-state index is 7.64. The van der Waals surface area contributed by atoms with Crippen molar-refractivity contribution in [2.24, 2.45) is 0 Å². The van der Waals surface area contributed by atoms with Gasteiger partial charge in [-0.15, -0.1) is 0 Å². The molecule has 0 unspecified atom stereocenters. The molecule has 0 spiro atoms. The first-order valence-corrected chi connectivity index (χ1v) is 25.5. The molecule has 0 saturated carbocycles. The van der Waals surface area contributed by atoms with Gasteiger partial charge in [0.1, 0.15) is 16.7 Å². The second kappa shape index (κ2) is 13.8. The lowest BCUT2D eigenvalue weighted by Crippen LogP contribution is -2.61. The monoisotopic (exact) mass is 897 g/mol. The summed E-state index contributed by atoms with van der Waals surface area (Å²) in [6, 6.07) is 38.0. The molecule has 0 radical (unpaired) electrons. The zero-order chi connectivity index (χ0) is 48.0. The molecule has 0 N–H and O–H groups in total. The maximum Gasteiger partial charge on any atom is 0.297 e. The van der Waals surface area contributed by atoms with Crippen molar-refractivity contribution < 1.29 is 8.83 Å². The van der Waals surface area contributed by atoms with Gasteiger partial charge in [-0.05, 0) is 182 Å². The van der Waals surface area contributed by atoms with E-state index < -0.39 is 0 Å². The quantitative estimate of drug-likeness (QED) is 0.162. The Morgan fingerprint density at radius 1 is 0.485 bits per heavy atom. The summed E-state index contributed by atoms with van der Waals surface area (Å²) < 4.78 is 14.4. The van der Waals surface area contributed by atoms with Crippen molar-refractivity contribution in [1.29, 1.82) is 0 Å². The Morgan fingerprint density at radius 3 is 1.74 bits per heavy atom. The number of aryl methyl sites for hydroxylation is 1. The lowest BCUT2D eigenvalue weighted by atomic mass is 9.35. The first kappa shape index (κ1) is 43.6. The molecule has 5 heteroatoms. The van der Waals surface area contributed by atoms with Crippen molar-refractivity contribution in [1.82, 2.24) is 0 Å². The summed E-state index contributed by atoms with van der Waals surface area (Å²) in [6.45, 7) is 35.6. The van der Waals surface area contributed by atoms with Crippen molar-refractivity contribution in [3.8, 4) is 0 Å². The largest absolute Gasteiger partial charge is 0.468 e. The van der Waals surface area contributed by atoms with Crippen LogP contribution in [0.4, 0.5) is 34.1 Å². The Hall–Kier alpha value is -5.68. The normalized spacial score (nSPS) is 18.7. The lowest BCUT2D eigenvalue weighted by Gasteiger charge is -2.45. The van der Waals surface area contributed by atoms with Gasteiger partial charge < -0.3 is 18.6 Å². The van der Waals surface area contributed by atoms with Gasteiger partial charge in [-0.3, -0.25) is 0 Å². The van der Waals surface area contributed by atoms with Crippen LogP contribution in [0.3, 0.4) is 0 Å². The van der Waals surface area contributed by atoms with Crippen molar-refractivity contribution in [2.45, 2.75) is 162 Å². The first-order chi connectivity index (χ1) is 31.8. The van der Waals surface area contributed by atoms with Crippen LogP contribution in [-0.4, -0.2) is 6.71 Å². The number of fused-ring (bicyclic) bond motifs is 11. The number of anilines is 6. The van der Waals surface area contributed by atoms with Crippen molar-refractivity contribution >= 4 is 90.3 Å². The molecule has 346 valence electrons. The molecule has 0 bridgehead atoms. The summed E-state index contributed by atoms with van der Waals surface area (Å²) in [6.07, 6.45) is 4.64. The Morgan fingerprint density at radius 2 is 1.07 bits per heavy atom. The van der Waals surface area contributed by atoms with Gasteiger partial charge in [0.05, 0.1) is 22.4 Å². The zero-order valence-electron chi connectivity index (χ0n) is 43.4. The molecular formula is C63H69BN2O2. The van der Waals surface area contributed by atoms with Crippen LogP contribution in [-0.2, 0) is 32.5 Å². The zero-order valence-corrected chi connectivity index (χ0v) is 43.4. The van der Waals surface area contributed by atoms with Crippen molar-refractivity contribution in [2.75, 3.05) is 9.80 Å². The van der Waals surface area contributed by atoms with E-state index in [1.165, 1.54) is 90.1 Å². The molecule has 2 aliphatic heterocycles. The highest BCUT2D eigenvalue weighted by atomic mass is 16.3. The fourth-order valence-electron chi connectivity index (χ4n) is 12.9. The minimum Gasteiger partial charge on any atom is -0.468 e. The van der Waals surface area contributed by atoms with E-state index in [0.29, 0.717) is 0 Å². The molecule has 8 aromatic rings. The fourth-order valence-corrected chi connectivity index (χ4v) is 12.9. The van der Waals surface area contributed by atoms with E-state index in [9.17, 15) is 0 Å². The highest BCUT2D eigenvalue weighted by molar-refractivity contribution is 7.00. The second-order valence-corrected chi connectivity index (χ2v) is 26.0. The number of hydrogen-bond donors (Lipinski definition) is 0. The fraction of sp³-hybridized carbons (Fsp3) is 0.397. The molecule has 2 aromatic heterocycles. The Balaban J connectivity index is 1.21. The predicted octanol–water partition coefficient (Wildman–Crippen LogP) is 16.0. The highest BCUT2D eigenvalue weighted by Gasteiger charge is 2.49. The average Bonchev–Trinajstić information content (AvgIpc) is 3.84. The van der Waals surface area contributed by atoms with Gasteiger partial charge in [-0.25, -0.2) is 0 Å². The van der Waals surface area contributed by atoms with Crippen LogP contribution in [0.15, 0.2) is 106 Å². The summed E-state index contributed by atoms with van der Waals surface area (Å²) in [5.74, 6) is 0. The van der Waals surface area contributed by atoms with E-state index in [4.69, 9.17) is 8.83 Å². The smallest absolute Gasteiger partial charge is 0.297 e. The molecule has 6 aromatic carbocycles. The molecule has 0 atom stereocenters. The molecule has 4 aliphatic rings. The van der Waals surface area contributed by atoms with Crippen LogP contribution in [0.25, 0.3) is 32.9 Å². The number of hydrogen-bond acceptors (Lipinski definition) is 4. The summed E-state index contributed by atoms with van der Waals surface area (Å²) in [4.78, 5) is 5.19. The average molecular weight is 897 g/mol. The van der Waals surface area contributed by atoms with Gasteiger partial charge in [0.15, 0.2) is 0 Å². The number of furan rings is 2. The number of rotatable bonds is 2. The molecule has 4 heterocycles. The van der Waals surface area contributed by atoms with E-state index in [1.54, 1.807) is 0 Å². The van der Waals surface area contributed by atoms with Gasteiger partial charge in [-0.2, -0.15) is 0 Å². The Labute approximate surface area is 405 Å². The minimum atomic E-state index is -0.147. The van der Waals surface area contributed by atoms with E-state index in [1.807, 2.05) is 0 Å². The van der Waals surface area contributed by atoms with Crippen LogP contribution >= 0.6 is 0 Å². The van der Waals surface area contributed by atoms with E-state index >= 15 is 0 Å². The maximum atomic E-state index is 7.64. The van der Waals surface area contributed by atoms with Crippen molar-refractivity contribution in [3.63, 3.8) is 0 Å².